The van der Waals surface area contributed by atoms with Crippen molar-refractivity contribution in [3.8, 4) is 16.9 Å². The van der Waals surface area contributed by atoms with E-state index < -0.39 is 0 Å². The van der Waals surface area contributed by atoms with Crippen LogP contribution in [-0.2, 0) is 0 Å². The molecule has 2 aromatic carbocycles. The maximum absolute atomic E-state index is 9.55. The van der Waals surface area contributed by atoms with Gasteiger partial charge in [-0.05, 0) is 59.1 Å². The van der Waals surface area contributed by atoms with Crippen molar-refractivity contribution in [2.45, 2.75) is 52.4 Å². The molecule has 0 fully saturated rings. The highest BCUT2D eigenvalue weighted by molar-refractivity contribution is 5.73. The van der Waals surface area contributed by atoms with Crippen LogP contribution in [0.2, 0.25) is 0 Å². The molecule has 0 radical (unpaired) electrons. The van der Waals surface area contributed by atoms with Gasteiger partial charge in [-0.3, -0.25) is 0 Å². The summed E-state index contributed by atoms with van der Waals surface area (Å²) in [6.07, 6.45) is 2.27. The molecule has 1 nitrogen and oxygen atoms in total. The van der Waals surface area contributed by atoms with Gasteiger partial charge < -0.3 is 5.11 Å². The molecule has 112 valence electrons. The third-order valence-corrected chi connectivity index (χ3v) is 4.57. The van der Waals surface area contributed by atoms with Gasteiger partial charge in [0.25, 0.3) is 0 Å². The zero-order valence-corrected chi connectivity index (χ0v) is 13.6. The minimum atomic E-state index is 0.324. The molecule has 2 atom stereocenters. The highest BCUT2D eigenvalue weighted by Crippen LogP contribution is 2.38. The van der Waals surface area contributed by atoms with Crippen LogP contribution in [0.25, 0.3) is 11.1 Å². The molecular weight excluding hydrogens is 256 g/mol. The summed E-state index contributed by atoms with van der Waals surface area (Å²) >= 11 is 0. The molecule has 0 saturated carbocycles. The van der Waals surface area contributed by atoms with Gasteiger partial charge in [-0.15, -0.1) is 0 Å². The molecule has 0 aliphatic heterocycles. The monoisotopic (exact) mass is 282 g/mol. The Balaban J connectivity index is 2.65. The first kappa shape index (κ1) is 15.6. The number of phenolic OH excluding ortho intramolecular Hbond substituents is 1. The van der Waals surface area contributed by atoms with E-state index >= 15 is 0 Å². The minimum absolute atomic E-state index is 0.324. The molecule has 0 saturated heterocycles. The van der Waals surface area contributed by atoms with Crippen molar-refractivity contribution < 1.29 is 5.11 Å². The SMILES string of the molecule is CCC(C)c1cccc(C(C)CC)c1-c1ccc(O)cc1. The molecular formula is C20H26O. The van der Waals surface area contributed by atoms with E-state index in [0.717, 1.165) is 12.8 Å². The van der Waals surface area contributed by atoms with Gasteiger partial charge in [0.1, 0.15) is 5.75 Å². The molecule has 2 unspecified atom stereocenters. The summed E-state index contributed by atoms with van der Waals surface area (Å²) in [5.74, 6) is 1.40. The second-order valence-electron chi connectivity index (χ2n) is 5.98. The number of rotatable bonds is 5. The first-order valence-electron chi connectivity index (χ1n) is 8.00. The molecule has 0 bridgehead atoms. The van der Waals surface area contributed by atoms with Gasteiger partial charge >= 0.3 is 0 Å². The van der Waals surface area contributed by atoms with Crippen molar-refractivity contribution in [2.75, 3.05) is 0 Å². The van der Waals surface area contributed by atoms with Crippen molar-refractivity contribution in [1.82, 2.24) is 0 Å². The van der Waals surface area contributed by atoms with Crippen molar-refractivity contribution in [3.63, 3.8) is 0 Å². The fraction of sp³-hybridized carbons (Fsp3) is 0.400. The van der Waals surface area contributed by atoms with Crippen LogP contribution in [-0.4, -0.2) is 5.11 Å². The van der Waals surface area contributed by atoms with Crippen LogP contribution in [0.15, 0.2) is 42.5 Å². The van der Waals surface area contributed by atoms with E-state index in [1.54, 1.807) is 12.1 Å². The first-order chi connectivity index (χ1) is 10.1. The fourth-order valence-electron chi connectivity index (χ4n) is 2.81. The summed E-state index contributed by atoms with van der Waals surface area (Å²) in [5, 5.41) is 9.55. The topological polar surface area (TPSA) is 20.2 Å². The molecule has 0 aliphatic carbocycles. The molecule has 0 amide bonds. The van der Waals surface area contributed by atoms with Crippen molar-refractivity contribution >= 4 is 0 Å². The van der Waals surface area contributed by atoms with Crippen LogP contribution in [0, 0.1) is 0 Å². The van der Waals surface area contributed by atoms with Gasteiger partial charge in [-0.25, -0.2) is 0 Å². The van der Waals surface area contributed by atoms with Gasteiger partial charge in [-0.1, -0.05) is 58.0 Å². The number of benzene rings is 2. The van der Waals surface area contributed by atoms with E-state index in [-0.39, 0.29) is 0 Å². The van der Waals surface area contributed by atoms with Crippen LogP contribution >= 0.6 is 0 Å². The van der Waals surface area contributed by atoms with Gasteiger partial charge in [0.2, 0.25) is 0 Å². The lowest BCUT2D eigenvalue weighted by atomic mass is 9.82. The van der Waals surface area contributed by atoms with Gasteiger partial charge in [0.15, 0.2) is 0 Å². The van der Waals surface area contributed by atoms with Crippen molar-refractivity contribution in [3.05, 3.63) is 53.6 Å². The summed E-state index contributed by atoms with van der Waals surface area (Å²) in [7, 11) is 0. The molecule has 21 heavy (non-hydrogen) atoms. The summed E-state index contributed by atoms with van der Waals surface area (Å²) in [5.41, 5.74) is 5.40. The van der Waals surface area contributed by atoms with Gasteiger partial charge in [0, 0.05) is 0 Å². The maximum Gasteiger partial charge on any atom is 0.115 e. The Labute approximate surface area is 128 Å². The lowest BCUT2D eigenvalue weighted by Gasteiger charge is -2.22. The highest BCUT2D eigenvalue weighted by Gasteiger charge is 2.17. The molecule has 0 aliphatic rings. The summed E-state index contributed by atoms with van der Waals surface area (Å²) in [6, 6.07) is 14.3. The standard InChI is InChI=1S/C20H26O/c1-5-14(3)18-8-7-9-19(15(4)6-2)20(18)16-10-12-17(21)13-11-16/h7-15,21H,5-6H2,1-4H3. The Bertz CT molecular complexity index is 555. The quantitative estimate of drug-likeness (QED) is 0.704. The predicted octanol–water partition coefficient (Wildman–Crippen LogP) is 6.09. The molecule has 2 rings (SSSR count). The average molecular weight is 282 g/mol. The van der Waals surface area contributed by atoms with Crippen molar-refractivity contribution in [2.24, 2.45) is 0 Å². The summed E-state index contributed by atoms with van der Waals surface area (Å²) in [6.45, 7) is 9.06. The van der Waals surface area contributed by atoms with Crippen LogP contribution in [0.5, 0.6) is 5.75 Å². The van der Waals surface area contributed by atoms with E-state index in [1.165, 1.54) is 22.3 Å². The molecule has 1 N–H and O–H groups in total. The minimum Gasteiger partial charge on any atom is -0.508 e. The summed E-state index contributed by atoms with van der Waals surface area (Å²) < 4.78 is 0. The van der Waals surface area contributed by atoms with Crippen LogP contribution in [0.4, 0.5) is 0 Å². The van der Waals surface area contributed by atoms with Crippen LogP contribution < -0.4 is 0 Å². The number of aromatic hydroxyl groups is 1. The Morgan fingerprint density at radius 1 is 0.810 bits per heavy atom. The average Bonchev–Trinajstić information content (AvgIpc) is 2.53. The summed E-state index contributed by atoms with van der Waals surface area (Å²) in [4.78, 5) is 0. The Hall–Kier alpha value is -1.76. The molecule has 0 aromatic heterocycles. The first-order valence-corrected chi connectivity index (χ1v) is 8.00. The van der Waals surface area contributed by atoms with Gasteiger partial charge in [-0.2, -0.15) is 0 Å². The zero-order chi connectivity index (χ0) is 15.4. The number of hydrogen-bond acceptors (Lipinski definition) is 1. The zero-order valence-electron chi connectivity index (χ0n) is 13.6. The van der Waals surface area contributed by atoms with Crippen LogP contribution in [0.3, 0.4) is 0 Å². The predicted molar refractivity (Wildman–Crippen MR) is 91.0 cm³/mol. The highest BCUT2D eigenvalue weighted by atomic mass is 16.3. The Morgan fingerprint density at radius 3 is 1.71 bits per heavy atom. The second-order valence-corrected chi connectivity index (χ2v) is 5.98. The van der Waals surface area contributed by atoms with Crippen molar-refractivity contribution in [1.29, 1.82) is 0 Å². The molecule has 0 spiro atoms. The molecule has 2 aromatic rings. The van der Waals surface area contributed by atoms with E-state index in [0.29, 0.717) is 17.6 Å². The third-order valence-electron chi connectivity index (χ3n) is 4.57. The molecule has 0 heterocycles. The Kier molecular flexibility index (Phi) is 5.06. The number of phenols is 1. The third kappa shape index (κ3) is 3.29. The van der Waals surface area contributed by atoms with E-state index in [4.69, 9.17) is 0 Å². The van der Waals surface area contributed by atoms with E-state index in [2.05, 4.69) is 45.9 Å². The largest absolute Gasteiger partial charge is 0.508 e. The van der Waals surface area contributed by atoms with E-state index in [9.17, 15) is 5.11 Å². The molecule has 1 heteroatoms. The smallest absolute Gasteiger partial charge is 0.115 e. The number of hydrogen-bond donors (Lipinski definition) is 1. The lowest BCUT2D eigenvalue weighted by Crippen LogP contribution is -2.02. The lowest BCUT2D eigenvalue weighted by molar-refractivity contribution is 0.475. The van der Waals surface area contributed by atoms with Crippen LogP contribution in [0.1, 0.15) is 63.5 Å². The van der Waals surface area contributed by atoms with E-state index in [1.807, 2.05) is 12.1 Å². The fourth-order valence-corrected chi connectivity index (χ4v) is 2.81. The second kappa shape index (κ2) is 6.80. The Morgan fingerprint density at radius 2 is 1.29 bits per heavy atom. The maximum atomic E-state index is 9.55. The van der Waals surface area contributed by atoms with Gasteiger partial charge in [0.05, 0.1) is 0 Å². The normalized spacial score (nSPS) is 13.9.